The Morgan fingerprint density at radius 2 is 2.23 bits per heavy atom. The van der Waals surface area contributed by atoms with Crippen LogP contribution < -0.4 is 5.32 Å². The van der Waals surface area contributed by atoms with E-state index in [0.717, 1.165) is 18.5 Å². The Balaban J connectivity index is 1.58. The number of rotatable bonds is 6. The molecule has 8 heteroatoms. The van der Waals surface area contributed by atoms with Crippen LogP contribution in [0.1, 0.15) is 41.4 Å². The number of hydrogen-bond donors (Lipinski definition) is 2. The lowest BCUT2D eigenvalue weighted by Crippen LogP contribution is -2.50. The molecule has 2 atom stereocenters. The van der Waals surface area contributed by atoms with E-state index >= 15 is 0 Å². The number of nitrogens with zero attached hydrogens (tertiary/aromatic N) is 1. The second kappa shape index (κ2) is 6.45. The van der Waals surface area contributed by atoms with Gasteiger partial charge in [0.1, 0.15) is 6.61 Å². The minimum atomic E-state index is -1.04. The fraction of sp³-hybridized carbons (Fsp3) is 0.643. The van der Waals surface area contributed by atoms with Crippen LogP contribution in [0.15, 0.2) is 10.6 Å². The van der Waals surface area contributed by atoms with Gasteiger partial charge in [0, 0.05) is 18.6 Å². The number of nitrogens with one attached hydrogen (secondary N) is 1. The van der Waals surface area contributed by atoms with Crippen molar-refractivity contribution in [3.8, 4) is 0 Å². The number of hydrogen-bond acceptors (Lipinski definition) is 6. The maximum Gasteiger partial charge on any atom is 0.329 e. The summed E-state index contributed by atoms with van der Waals surface area (Å²) in [5.74, 6) is -0.862. The van der Waals surface area contributed by atoms with Gasteiger partial charge in [-0.3, -0.25) is 4.79 Å². The molecule has 8 nitrogen and oxygen atoms in total. The minimum absolute atomic E-state index is 0.157. The molecule has 2 N–H and O–H groups in total. The summed E-state index contributed by atoms with van der Waals surface area (Å²) < 4.78 is 15.7. The molecule has 3 rings (SSSR count). The van der Waals surface area contributed by atoms with Crippen LogP contribution >= 0.6 is 0 Å². The van der Waals surface area contributed by atoms with Gasteiger partial charge >= 0.3 is 5.97 Å². The normalized spacial score (nSPS) is 24.9. The smallest absolute Gasteiger partial charge is 0.329 e. The summed E-state index contributed by atoms with van der Waals surface area (Å²) in [6, 6.07) is 1.25. The van der Waals surface area contributed by atoms with Crippen LogP contribution in [0.25, 0.3) is 0 Å². The van der Waals surface area contributed by atoms with E-state index in [-0.39, 0.29) is 24.4 Å². The van der Waals surface area contributed by atoms with Gasteiger partial charge in [0.05, 0.1) is 24.4 Å². The van der Waals surface area contributed by atoms with Crippen molar-refractivity contribution in [3.63, 3.8) is 0 Å². The Kier molecular flexibility index (Phi) is 4.39. The predicted molar refractivity (Wildman–Crippen MR) is 72.5 cm³/mol. The van der Waals surface area contributed by atoms with Crippen molar-refractivity contribution in [3.05, 3.63) is 17.5 Å². The van der Waals surface area contributed by atoms with E-state index in [9.17, 15) is 9.59 Å². The fourth-order valence-electron chi connectivity index (χ4n) is 2.44. The molecule has 0 radical (unpaired) electrons. The number of carboxylic acids is 1. The second-order valence-corrected chi connectivity index (χ2v) is 5.58. The van der Waals surface area contributed by atoms with Crippen molar-refractivity contribution < 1.29 is 28.7 Å². The first-order chi connectivity index (χ1) is 10.6. The monoisotopic (exact) mass is 310 g/mol. The molecule has 1 aromatic rings. The lowest BCUT2D eigenvalue weighted by Gasteiger charge is -2.31. The third kappa shape index (κ3) is 3.63. The zero-order chi connectivity index (χ0) is 15.5. The van der Waals surface area contributed by atoms with Gasteiger partial charge in [0.2, 0.25) is 5.76 Å². The number of amides is 1. The van der Waals surface area contributed by atoms with Crippen molar-refractivity contribution in [2.45, 2.75) is 37.3 Å². The molecule has 0 aromatic carbocycles. The average molecular weight is 310 g/mol. The van der Waals surface area contributed by atoms with E-state index in [1.807, 2.05) is 0 Å². The molecule has 1 amide bonds. The molecule has 0 spiro atoms. The summed E-state index contributed by atoms with van der Waals surface area (Å²) in [4.78, 5) is 22.8. The molecule has 1 aliphatic heterocycles. The maximum absolute atomic E-state index is 12.2. The highest BCUT2D eigenvalue weighted by molar-refractivity contribution is 5.91. The molecular weight excluding hydrogens is 292 g/mol. The Morgan fingerprint density at radius 1 is 1.41 bits per heavy atom. The van der Waals surface area contributed by atoms with E-state index in [1.165, 1.54) is 0 Å². The molecule has 2 aliphatic rings. The summed E-state index contributed by atoms with van der Waals surface area (Å²) in [6.45, 7) is 0.357. The Morgan fingerprint density at radius 3 is 2.95 bits per heavy atom. The van der Waals surface area contributed by atoms with Crippen molar-refractivity contribution in [2.24, 2.45) is 0 Å². The van der Waals surface area contributed by atoms with Crippen molar-refractivity contribution in [2.75, 3.05) is 19.8 Å². The second-order valence-electron chi connectivity index (χ2n) is 5.58. The maximum atomic E-state index is 12.2. The van der Waals surface area contributed by atoms with Gasteiger partial charge in [-0.2, -0.15) is 0 Å². The zero-order valence-corrected chi connectivity index (χ0v) is 12.0. The molecule has 0 bridgehead atoms. The highest BCUT2D eigenvalue weighted by atomic mass is 16.5. The number of carboxylic acid groups (broad SMARTS) is 1. The third-order valence-corrected chi connectivity index (χ3v) is 3.78. The molecule has 1 saturated carbocycles. The van der Waals surface area contributed by atoms with E-state index in [0.29, 0.717) is 18.9 Å². The van der Waals surface area contributed by atoms with Gasteiger partial charge < -0.3 is 24.4 Å². The van der Waals surface area contributed by atoms with E-state index in [2.05, 4.69) is 10.5 Å². The number of ether oxygens (including phenoxy) is 2. The highest BCUT2D eigenvalue weighted by Crippen LogP contribution is 2.39. The Bertz CT molecular complexity index is 553. The van der Waals surface area contributed by atoms with E-state index < -0.39 is 18.6 Å². The summed E-state index contributed by atoms with van der Waals surface area (Å²) in [6.07, 6.45) is 2.30. The predicted octanol–water partition coefficient (Wildman–Crippen LogP) is 0.540. The highest BCUT2D eigenvalue weighted by Gasteiger charge is 2.31. The van der Waals surface area contributed by atoms with E-state index in [1.54, 1.807) is 6.07 Å². The molecule has 1 aliphatic carbocycles. The molecule has 1 aromatic heterocycles. The molecule has 120 valence electrons. The first-order valence-electron chi connectivity index (χ1n) is 7.32. The number of carbonyl (C=O) groups is 2. The van der Waals surface area contributed by atoms with Gasteiger partial charge in [0.15, 0.2) is 0 Å². The molecular formula is C14H18N2O6. The Hall–Kier alpha value is -1.93. The number of aromatic nitrogens is 1. The SMILES string of the molecule is O=C(O)CO[C@@H]1CCOC[C@@H]1NC(=O)c1cc(C2CC2)no1. The summed E-state index contributed by atoms with van der Waals surface area (Å²) in [7, 11) is 0. The van der Waals surface area contributed by atoms with Crippen LogP contribution in [0, 0.1) is 0 Å². The van der Waals surface area contributed by atoms with Crippen molar-refractivity contribution in [1.29, 1.82) is 0 Å². The summed E-state index contributed by atoms with van der Waals surface area (Å²) in [5, 5.41) is 15.3. The van der Waals surface area contributed by atoms with Gasteiger partial charge in [-0.25, -0.2) is 4.79 Å². The van der Waals surface area contributed by atoms with Crippen LogP contribution in [0.2, 0.25) is 0 Å². The van der Waals surface area contributed by atoms with Gasteiger partial charge in [-0.1, -0.05) is 5.16 Å². The van der Waals surface area contributed by atoms with Crippen LogP contribution in [0.4, 0.5) is 0 Å². The first kappa shape index (κ1) is 15.0. The molecule has 1 saturated heterocycles. The van der Waals surface area contributed by atoms with Crippen LogP contribution in [-0.4, -0.2) is 54.1 Å². The lowest BCUT2D eigenvalue weighted by atomic mass is 10.1. The van der Waals surface area contributed by atoms with Crippen molar-refractivity contribution >= 4 is 11.9 Å². The third-order valence-electron chi connectivity index (χ3n) is 3.78. The standard InChI is InChI=1S/C14H18N2O6/c17-13(18)7-21-11-3-4-20-6-10(11)15-14(19)12-5-9(16-22-12)8-1-2-8/h5,8,10-11H,1-4,6-7H2,(H,15,19)(H,17,18)/t10-,11+/m0/s1. The molecule has 2 heterocycles. The molecule has 2 fully saturated rings. The molecule has 0 unspecified atom stereocenters. The molecule has 22 heavy (non-hydrogen) atoms. The number of aliphatic carboxylic acids is 1. The quantitative estimate of drug-likeness (QED) is 0.788. The minimum Gasteiger partial charge on any atom is -0.480 e. The van der Waals surface area contributed by atoms with Crippen LogP contribution in [0.5, 0.6) is 0 Å². The number of carbonyl (C=O) groups excluding carboxylic acids is 1. The lowest BCUT2D eigenvalue weighted by molar-refractivity contribution is -0.147. The van der Waals surface area contributed by atoms with Gasteiger partial charge in [-0.05, 0) is 19.3 Å². The largest absolute Gasteiger partial charge is 0.480 e. The zero-order valence-electron chi connectivity index (χ0n) is 12.0. The van der Waals surface area contributed by atoms with Crippen LogP contribution in [0.3, 0.4) is 0 Å². The van der Waals surface area contributed by atoms with E-state index in [4.69, 9.17) is 19.1 Å². The topological polar surface area (TPSA) is 111 Å². The Labute approximate surface area is 126 Å². The van der Waals surface area contributed by atoms with Crippen LogP contribution in [-0.2, 0) is 14.3 Å². The first-order valence-corrected chi connectivity index (χ1v) is 7.32. The van der Waals surface area contributed by atoms with Gasteiger partial charge in [-0.15, -0.1) is 0 Å². The summed E-state index contributed by atoms with van der Waals surface area (Å²) >= 11 is 0. The van der Waals surface area contributed by atoms with Gasteiger partial charge in [0.25, 0.3) is 5.91 Å². The summed E-state index contributed by atoms with van der Waals surface area (Å²) in [5.41, 5.74) is 0.809. The average Bonchev–Trinajstić information content (AvgIpc) is 3.23. The van der Waals surface area contributed by atoms with Crippen molar-refractivity contribution in [1.82, 2.24) is 10.5 Å². The fourth-order valence-corrected chi connectivity index (χ4v) is 2.44.